The molecule has 0 fully saturated rings. The molecule has 1 unspecified atom stereocenters. The number of aromatic hydroxyl groups is 1. The van der Waals surface area contributed by atoms with E-state index in [0.29, 0.717) is 12.3 Å². The molecule has 0 spiro atoms. The Bertz CT molecular complexity index is 333. The van der Waals surface area contributed by atoms with Crippen molar-refractivity contribution in [2.24, 2.45) is 5.73 Å². The monoisotopic (exact) mass is 236 g/mol. The molecule has 0 aliphatic rings. The molecule has 0 amide bonds. The van der Waals surface area contributed by atoms with E-state index in [2.05, 4.69) is 25.7 Å². The molecule has 0 radical (unpaired) electrons. The summed E-state index contributed by atoms with van der Waals surface area (Å²) in [4.78, 5) is 2.39. The van der Waals surface area contributed by atoms with Crippen LogP contribution < -0.4 is 5.73 Å². The van der Waals surface area contributed by atoms with E-state index < -0.39 is 0 Å². The lowest BCUT2D eigenvalue weighted by Gasteiger charge is -2.39. The summed E-state index contributed by atoms with van der Waals surface area (Å²) < 4.78 is 0. The number of phenols is 1. The molecule has 0 heterocycles. The van der Waals surface area contributed by atoms with Gasteiger partial charge in [-0.2, -0.15) is 0 Å². The molecule has 1 rings (SSSR count). The Labute approximate surface area is 104 Å². The van der Waals surface area contributed by atoms with Gasteiger partial charge in [0.2, 0.25) is 0 Å². The summed E-state index contributed by atoms with van der Waals surface area (Å²) in [6.45, 7) is 9.16. The predicted octanol–water partition coefficient (Wildman–Crippen LogP) is 1.99. The van der Waals surface area contributed by atoms with Crippen molar-refractivity contribution in [2.75, 3.05) is 19.6 Å². The molecular formula is C14H24N2O. The molecule has 1 aromatic carbocycles. The summed E-state index contributed by atoms with van der Waals surface area (Å²) >= 11 is 0. The van der Waals surface area contributed by atoms with E-state index in [1.54, 1.807) is 12.1 Å². The van der Waals surface area contributed by atoms with E-state index in [1.165, 1.54) is 5.56 Å². The lowest BCUT2D eigenvalue weighted by atomic mass is 9.90. The minimum absolute atomic E-state index is 0.0134. The zero-order valence-electron chi connectivity index (χ0n) is 11.1. The van der Waals surface area contributed by atoms with Gasteiger partial charge in [0.15, 0.2) is 0 Å². The quantitative estimate of drug-likeness (QED) is 0.794. The van der Waals surface area contributed by atoms with Gasteiger partial charge in [-0.3, -0.25) is 4.90 Å². The molecule has 96 valence electrons. The summed E-state index contributed by atoms with van der Waals surface area (Å²) in [6.07, 6.45) is 0.908. The zero-order valence-corrected chi connectivity index (χ0v) is 11.1. The fourth-order valence-electron chi connectivity index (χ4n) is 2.35. The minimum Gasteiger partial charge on any atom is -0.508 e. The average Bonchev–Trinajstić information content (AvgIpc) is 2.33. The Morgan fingerprint density at radius 3 is 2.12 bits per heavy atom. The highest BCUT2D eigenvalue weighted by Gasteiger charge is 2.28. The Morgan fingerprint density at radius 2 is 1.71 bits per heavy atom. The van der Waals surface area contributed by atoms with Crippen LogP contribution in [-0.2, 0) is 6.42 Å². The van der Waals surface area contributed by atoms with Crippen molar-refractivity contribution in [1.29, 1.82) is 0 Å². The second-order valence-electron chi connectivity index (χ2n) is 4.72. The Balaban J connectivity index is 2.84. The van der Waals surface area contributed by atoms with Crippen LogP contribution in [0.4, 0.5) is 0 Å². The van der Waals surface area contributed by atoms with Crippen LogP contribution >= 0.6 is 0 Å². The molecule has 17 heavy (non-hydrogen) atoms. The van der Waals surface area contributed by atoms with Crippen LogP contribution in [0.25, 0.3) is 0 Å². The van der Waals surface area contributed by atoms with E-state index in [-0.39, 0.29) is 5.54 Å². The van der Waals surface area contributed by atoms with Crippen molar-refractivity contribution in [2.45, 2.75) is 32.7 Å². The van der Waals surface area contributed by atoms with Crippen molar-refractivity contribution in [3.8, 4) is 5.75 Å². The molecule has 1 aromatic rings. The van der Waals surface area contributed by atoms with Crippen LogP contribution in [0.2, 0.25) is 0 Å². The maximum absolute atomic E-state index is 9.28. The molecule has 1 atom stereocenters. The normalized spacial score (nSPS) is 14.9. The molecule has 0 aliphatic carbocycles. The first-order chi connectivity index (χ1) is 8.05. The minimum atomic E-state index is -0.0134. The van der Waals surface area contributed by atoms with Gasteiger partial charge in [0, 0.05) is 12.1 Å². The number of nitrogens with zero attached hydrogens (tertiary/aromatic N) is 1. The van der Waals surface area contributed by atoms with E-state index in [0.717, 1.165) is 19.5 Å². The third kappa shape index (κ3) is 3.45. The number of hydrogen-bond acceptors (Lipinski definition) is 3. The molecule has 0 saturated carbocycles. The van der Waals surface area contributed by atoms with Gasteiger partial charge in [0.25, 0.3) is 0 Å². The van der Waals surface area contributed by atoms with Crippen LogP contribution in [-0.4, -0.2) is 35.2 Å². The molecule has 0 bridgehead atoms. The summed E-state index contributed by atoms with van der Waals surface area (Å²) in [5.74, 6) is 0.311. The standard InChI is InChI=1S/C14H24N2O/c1-4-16(5-2)14(3,11-15)10-12-6-8-13(17)9-7-12/h6-9,17H,4-5,10-11,15H2,1-3H3. The first-order valence-corrected chi connectivity index (χ1v) is 6.28. The molecule has 0 aliphatic heterocycles. The molecule has 0 saturated heterocycles. The third-order valence-electron chi connectivity index (χ3n) is 3.49. The van der Waals surface area contributed by atoms with E-state index in [9.17, 15) is 5.11 Å². The van der Waals surface area contributed by atoms with Crippen molar-refractivity contribution in [1.82, 2.24) is 4.90 Å². The lowest BCUT2D eigenvalue weighted by Crippen LogP contribution is -2.53. The smallest absolute Gasteiger partial charge is 0.115 e. The lowest BCUT2D eigenvalue weighted by molar-refractivity contribution is 0.124. The fourth-order valence-corrected chi connectivity index (χ4v) is 2.35. The second kappa shape index (κ2) is 6.03. The topological polar surface area (TPSA) is 49.5 Å². The van der Waals surface area contributed by atoms with Crippen molar-refractivity contribution in [3.63, 3.8) is 0 Å². The first kappa shape index (κ1) is 14.0. The van der Waals surface area contributed by atoms with Gasteiger partial charge in [0.1, 0.15) is 5.75 Å². The number of phenolic OH excluding ortho intramolecular Hbond substituents is 1. The van der Waals surface area contributed by atoms with E-state index in [4.69, 9.17) is 5.73 Å². The largest absolute Gasteiger partial charge is 0.508 e. The molecule has 3 heteroatoms. The van der Waals surface area contributed by atoms with E-state index >= 15 is 0 Å². The van der Waals surface area contributed by atoms with Gasteiger partial charge in [-0.1, -0.05) is 26.0 Å². The predicted molar refractivity (Wildman–Crippen MR) is 72.2 cm³/mol. The highest BCUT2D eigenvalue weighted by molar-refractivity contribution is 5.27. The zero-order chi connectivity index (χ0) is 12.9. The van der Waals surface area contributed by atoms with Crippen molar-refractivity contribution < 1.29 is 5.11 Å². The molecular weight excluding hydrogens is 212 g/mol. The van der Waals surface area contributed by atoms with Gasteiger partial charge in [-0.25, -0.2) is 0 Å². The number of likely N-dealkylation sites (N-methyl/N-ethyl adjacent to an activating group) is 1. The van der Waals surface area contributed by atoms with Crippen LogP contribution in [0.15, 0.2) is 24.3 Å². The fraction of sp³-hybridized carbons (Fsp3) is 0.571. The van der Waals surface area contributed by atoms with Crippen LogP contribution in [0.5, 0.6) is 5.75 Å². The first-order valence-electron chi connectivity index (χ1n) is 6.28. The second-order valence-corrected chi connectivity index (χ2v) is 4.72. The summed E-state index contributed by atoms with van der Waals surface area (Å²) in [7, 11) is 0. The molecule has 3 nitrogen and oxygen atoms in total. The van der Waals surface area contributed by atoms with Crippen LogP contribution in [0, 0.1) is 0 Å². The number of rotatable bonds is 6. The van der Waals surface area contributed by atoms with Gasteiger partial charge in [-0.15, -0.1) is 0 Å². The summed E-state index contributed by atoms with van der Waals surface area (Å²) in [5.41, 5.74) is 7.14. The summed E-state index contributed by atoms with van der Waals surface area (Å²) in [5, 5.41) is 9.28. The van der Waals surface area contributed by atoms with Gasteiger partial charge in [-0.05, 0) is 44.1 Å². The maximum Gasteiger partial charge on any atom is 0.115 e. The van der Waals surface area contributed by atoms with Crippen molar-refractivity contribution >= 4 is 0 Å². The Kier molecular flexibility index (Phi) is 4.97. The van der Waals surface area contributed by atoms with Crippen LogP contribution in [0.3, 0.4) is 0 Å². The van der Waals surface area contributed by atoms with E-state index in [1.807, 2.05) is 12.1 Å². The molecule has 3 N–H and O–H groups in total. The summed E-state index contributed by atoms with van der Waals surface area (Å²) in [6, 6.07) is 7.39. The third-order valence-corrected chi connectivity index (χ3v) is 3.49. The maximum atomic E-state index is 9.28. The number of benzene rings is 1. The SMILES string of the molecule is CCN(CC)C(C)(CN)Cc1ccc(O)cc1. The Hall–Kier alpha value is -1.06. The van der Waals surface area contributed by atoms with Gasteiger partial charge >= 0.3 is 0 Å². The highest BCUT2D eigenvalue weighted by atomic mass is 16.3. The van der Waals surface area contributed by atoms with Gasteiger partial charge in [0.05, 0.1) is 0 Å². The molecule has 0 aromatic heterocycles. The van der Waals surface area contributed by atoms with Crippen LogP contribution in [0.1, 0.15) is 26.3 Å². The highest BCUT2D eigenvalue weighted by Crippen LogP contribution is 2.21. The van der Waals surface area contributed by atoms with Gasteiger partial charge < -0.3 is 10.8 Å². The number of hydrogen-bond donors (Lipinski definition) is 2. The Morgan fingerprint density at radius 1 is 1.18 bits per heavy atom. The van der Waals surface area contributed by atoms with Crippen molar-refractivity contribution in [3.05, 3.63) is 29.8 Å². The number of nitrogens with two attached hydrogens (primary N) is 1. The average molecular weight is 236 g/mol.